The van der Waals surface area contributed by atoms with E-state index in [2.05, 4.69) is 0 Å². The standard InChI is InChI=1S/C6H8O3S/c1-4(7)10-6(2-3-6)5(8)9/h2-3H2,1H3,(H,8,9). The number of carboxylic acids is 1. The van der Waals surface area contributed by atoms with E-state index in [-0.39, 0.29) is 5.12 Å². The quantitative estimate of drug-likeness (QED) is 0.651. The molecule has 0 amide bonds. The van der Waals surface area contributed by atoms with Gasteiger partial charge in [-0.3, -0.25) is 9.59 Å². The molecule has 1 aliphatic carbocycles. The molecule has 0 aromatic carbocycles. The lowest BCUT2D eigenvalue weighted by Crippen LogP contribution is -2.18. The third kappa shape index (κ3) is 1.31. The Hall–Kier alpha value is -0.510. The molecule has 3 nitrogen and oxygen atoms in total. The minimum absolute atomic E-state index is 0.111. The number of carbonyl (C=O) groups is 2. The van der Waals surface area contributed by atoms with Crippen LogP contribution in [0.25, 0.3) is 0 Å². The van der Waals surface area contributed by atoms with E-state index >= 15 is 0 Å². The lowest BCUT2D eigenvalue weighted by molar-refractivity contribution is -0.137. The van der Waals surface area contributed by atoms with Crippen LogP contribution in [0.2, 0.25) is 0 Å². The highest BCUT2D eigenvalue weighted by atomic mass is 32.2. The molecule has 0 saturated heterocycles. The monoisotopic (exact) mass is 160 g/mol. The first-order chi connectivity index (χ1) is 4.57. The third-order valence-electron chi connectivity index (χ3n) is 1.43. The highest BCUT2D eigenvalue weighted by Gasteiger charge is 2.52. The highest BCUT2D eigenvalue weighted by molar-refractivity contribution is 8.15. The number of rotatable bonds is 2. The number of hydrogen-bond acceptors (Lipinski definition) is 3. The van der Waals surface area contributed by atoms with Crippen LogP contribution in [0, 0.1) is 0 Å². The molecule has 1 aliphatic rings. The van der Waals surface area contributed by atoms with Crippen molar-refractivity contribution >= 4 is 22.8 Å². The van der Waals surface area contributed by atoms with Crippen molar-refractivity contribution in [3.05, 3.63) is 0 Å². The summed E-state index contributed by atoms with van der Waals surface area (Å²) in [6.07, 6.45) is 1.26. The van der Waals surface area contributed by atoms with E-state index in [9.17, 15) is 9.59 Å². The summed E-state index contributed by atoms with van der Waals surface area (Å²) in [7, 11) is 0. The first-order valence-electron chi connectivity index (χ1n) is 3.00. The van der Waals surface area contributed by atoms with Gasteiger partial charge in [0, 0.05) is 6.92 Å². The fraction of sp³-hybridized carbons (Fsp3) is 0.667. The van der Waals surface area contributed by atoms with Crippen LogP contribution in [-0.4, -0.2) is 20.9 Å². The second-order valence-corrected chi connectivity index (χ2v) is 3.95. The first kappa shape index (κ1) is 7.60. The lowest BCUT2D eigenvalue weighted by Gasteiger charge is -2.03. The molecule has 0 aromatic heterocycles. The maximum Gasteiger partial charge on any atom is 0.320 e. The van der Waals surface area contributed by atoms with Crippen LogP contribution in [0.4, 0.5) is 0 Å². The Kier molecular flexibility index (Phi) is 1.72. The Morgan fingerprint density at radius 1 is 1.50 bits per heavy atom. The predicted molar refractivity (Wildman–Crippen MR) is 37.9 cm³/mol. The second kappa shape index (κ2) is 2.27. The van der Waals surface area contributed by atoms with Gasteiger partial charge in [0.2, 0.25) is 0 Å². The Morgan fingerprint density at radius 2 is 2.00 bits per heavy atom. The minimum atomic E-state index is -0.854. The van der Waals surface area contributed by atoms with Crippen LogP contribution in [0.15, 0.2) is 0 Å². The zero-order valence-electron chi connectivity index (χ0n) is 5.59. The molecule has 0 spiro atoms. The number of carboxylic acid groups (broad SMARTS) is 1. The topological polar surface area (TPSA) is 54.4 Å². The molecule has 0 radical (unpaired) electrons. The van der Waals surface area contributed by atoms with Gasteiger partial charge in [0.15, 0.2) is 5.12 Å². The average Bonchev–Trinajstić information content (AvgIpc) is 2.46. The second-order valence-electron chi connectivity index (χ2n) is 2.39. The van der Waals surface area contributed by atoms with Crippen molar-refractivity contribution in [1.29, 1.82) is 0 Å². The largest absolute Gasteiger partial charge is 0.480 e. The van der Waals surface area contributed by atoms with Gasteiger partial charge in [-0.25, -0.2) is 0 Å². The van der Waals surface area contributed by atoms with Crippen molar-refractivity contribution in [3.8, 4) is 0 Å². The molecule has 4 heteroatoms. The highest BCUT2D eigenvalue weighted by Crippen LogP contribution is 2.48. The molecule has 0 aliphatic heterocycles. The van der Waals surface area contributed by atoms with E-state index in [1.807, 2.05) is 0 Å². The number of carbonyl (C=O) groups excluding carboxylic acids is 1. The first-order valence-corrected chi connectivity index (χ1v) is 3.81. The maximum absolute atomic E-state index is 10.5. The number of thioether (sulfide) groups is 1. The number of hydrogen-bond donors (Lipinski definition) is 1. The van der Waals surface area contributed by atoms with E-state index in [4.69, 9.17) is 5.11 Å². The minimum Gasteiger partial charge on any atom is -0.480 e. The molecule has 56 valence electrons. The van der Waals surface area contributed by atoms with E-state index in [0.29, 0.717) is 12.8 Å². The molecule has 0 atom stereocenters. The predicted octanol–water partition coefficient (Wildman–Crippen LogP) is 0.883. The lowest BCUT2D eigenvalue weighted by atomic mass is 10.4. The molecule has 1 fully saturated rings. The molecular formula is C6H8O3S. The molecular weight excluding hydrogens is 152 g/mol. The van der Waals surface area contributed by atoms with Crippen LogP contribution in [-0.2, 0) is 9.59 Å². The smallest absolute Gasteiger partial charge is 0.320 e. The van der Waals surface area contributed by atoms with Crippen molar-refractivity contribution in [2.75, 3.05) is 0 Å². The van der Waals surface area contributed by atoms with Gasteiger partial charge in [-0.1, -0.05) is 11.8 Å². The molecule has 0 aromatic rings. The summed E-state index contributed by atoms with van der Waals surface area (Å²) >= 11 is 0.937. The molecule has 0 unspecified atom stereocenters. The molecule has 1 N–H and O–H groups in total. The van der Waals surface area contributed by atoms with Crippen LogP contribution >= 0.6 is 11.8 Å². The van der Waals surface area contributed by atoms with Gasteiger partial charge in [0.1, 0.15) is 4.75 Å². The normalized spacial score (nSPS) is 20.1. The van der Waals surface area contributed by atoms with Crippen molar-refractivity contribution in [2.45, 2.75) is 24.5 Å². The third-order valence-corrected chi connectivity index (χ3v) is 2.69. The Bertz CT molecular complexity index is 183. The molecule has 0 bridgehead atoms. The summed E-state index contributed by atoms with van der Waals surface area (Å²) in [5.41, 5.74) is 0. The van der Waals surface area contributed by atoms with Crippen molar-refractivity contribution in [1.82, 2.24) is 0 Å². The summed E-state index contributed by atoms with van der Waals surface area (Å²) in [5.74, 6) is -0.854. The zero-order valence-corrected chi connectivity index (χ0v) is 6.40. The fourth-order valence-electron chi connectivity index (χ4n) is 0.748. The maximum atomic E-state index is 10.5. The van der Waals surface area contributed by atoms with E-state index in [1.165, 1.54) is 6.92 Å². The van der Waals surface area contributed by atoms with E-state index in [0.717, 1.165) is 11.8 Å². The summed E-state index contributed by atoms with van der Waals surface area (Å²) in [4.78, 5) is 20.9. The van der Waals surface area contributed by atoms with Gasteiger partial charge < -0.3 is 5.11 Å². The van der Waals surface area contributed by atoms with Gasteiger partial charge >= 0.3 is 5.97 Å². The summed E-state index contributed by atoms with van der Waals surface area (Å²) in [6.45, 7) is 1.40. The molecule has 1 saturated carbocycles. The molecule has 10 heavy (non-hydrogen) atoms. The average molecular weight is 160 g/mol. The van der Waals surface area contributed by atoms with Crippen LogP contribution in [0.5, 0.6) is 0 Å². The summed E-state index contributed by atoms with van der Waals surface area (Å²) < 4.78 is -0.744. The Labute approximate surface area is 62.8 Å². The van der Waals surface area contributed by atoms with Crippen LogP contribution in [0.3, 0.4) is 0 Å². The van der Waals surface area contributed by atoms with Gasteiger partial charge in [0.05, 0.1) is 0 Å². The van der Waals surface area contributed by atoms with E-state index < -0.39 is 10.7 Å². The SMILES string of the molecule is CC(=O)SC1(C(=O)O)CC1. The van der Waals surface area contributed by atoms with Crippen molar-refractivity contribution < 1.29 is 14.7 Å². The fourth-order valence-corrected chi connectivity index (χ4v) is 1.69. The summed E-state index contributed by atoms with van der Waals surface area (Å²) in [6, 6.07) is 0. The Balaban J connectivity index is 2.53. The van der Waals surface area contributed by atoms with Crippen LogP contribution in [0.1, 0.15) is 19.8 Å². The van der Waals surface area contributed by atoms with Gasteiger partial charge in [0.25, 0.3) is 0 Å². The van der Waals surface area contributed by atoms with Gasteiger partial charge in [-0.2, -0.15) is 0 Å². The van der Waals surface area contributed by atoms with Crippen molar-refractivity contribution in [3.63, 3.8) is 0 Å². The Morgan fingerprint density at radius 3 is 2.10 bits per heavy atom. The van der Waals surface area contributed by atoms with E-state index in [1.54, 1.807) is 0 Å². The van der Waals surface area contributed by atoms with Gasteiger partial charge in [-0.05, 0) is 12.8 Å². The van der Waals surface area contributed by atoms with Crippen LogP contribution < -0.4 is 0 Å². The molecule has 0 heterocycles. The zero-order chi connectivity index (χ0) is 7.78. The van der Waals surface area contributed by atoms with Gasteiger partial charge in [-0.15, -0.1) is 0 Å². The molecule has 1 rings (SSSR count). The summed E-state index contributed by atoms with van der Waals surface area (Å²) in [5, 5.41) is 8.47. The van der Waals surface area contributed by atoms with Crippen molar-refractivity contribution in [2.24, 2.45) is 0 Å². The number of aliphatic carboxylic acids is 1.